The SMILES string of the molecule is COCCOC(=O)C1=C(C)N=C2S[C@H](C)C(=O)N2[C@@H]1c1cccc(Cl)c1. The lowest BCUT2D eigenvalue weighted by molar-refractivity contribution is -0.141. The first-order valence-corrected chi connectivity index (χ1v) is 9.40. The summed E-state index contributed by atoms with van der Waals surface area (Å²) >= 11 is 7.54. The van der Waals surface area contributed by atoms with E-state index in [2.05, 4.69) is 4.99 Å². The van der Waals surface area contributed by atoms with Gasteiger partial charge in [0.2, 0.25) is 5.91 Å². The van der Waals surface area contributed by atoms with E-state index in [4.69, 9.17) is 21.1 Å². The molecule has 138 valence electrons. The number of allylic oxidation sites excluding steroid dienone is 1. The molecular weight excluding hydrogens is 376 g/mol. The molecule has 2 aliphatic rings. The zero-order valence-electron chi connectivity index (χ0n) is 14.7. The van der Waals surface area contributed by atoms with Gasteiger partial charge in [-0.05, 0) is 31.5 Å². The molecule has 3 rings (SSSR count). The van der Waals surface area contributed by atoms with Crippen molar-refractivity contribution in [2.45, 2.75) is 25.1 Å². The topological polar surface area (TPSA) is 68.2 Å². The van der Waals surface area contributed by atoms with Gasteiger partial charge in [-0.3, -0.25) is 9.69 Å². The lowest BCUT2D eigenvalue weighted by Gasteiger charge is -2.33. The van der Waals surface area contributed by atoms with Crippen LogP contribution in [-0.4, -0.2) is 47.5 Å². The summed E-state index contributed by atoms with van der Waals surface area (Å²) < 4.78 is 10.2. The minimum absolute atomic E-state index is 0.0894. The molecule has 2 atom stereocenters. The van der Waals surface area contributed by atoms with Gasteiger partial charge in [-0.25, -0.2) is 9.79 Å². The molecule has 0 unspecified atom stereocenters. The Balaban J connectivity index is 2.05. The van der Waals surface area contributed by atoms with Crippen LogP contribution in [0.3, 0.4) is 0 Å². The second kappa shape index (κ2) is 7.82. The van der Waals surface area contributed by atoms with E-state index < -0.39 is 12.0 Å². The van der Waals surface area contributed by atoms with Crippen LogP contribution in [0.2, 0.25) is 5.02 Å². The molecule has 8 heteroatoms. The largest absolute Gasteiger partial charge is 0.460 e. The summed E-state index contributed by atoms with van der Waals surface area (Å²) in [7, 11) is 1.53. The summed E-state index contributed by atoms with van der Waals surface area (Å²) in [6.45, 7) is 4.01. The van der Waals surface area contributed by atoms with Gasteiger partial charge < -0.3 is 9.47 Å². The Labute approximate surface area is 161 Å². The molecule has 0 aliphatic carbocycles. The minimum atomic E-state index is -0.610. The van der Waals surface area contributed by atoms with Crippen molar-refractivity contribution >= 4 is 40.4 Å². The number of rotatable bonds is 5. The number of aliphatic imine (C=N–C) groups is 1. The molecule has 2 heterocycles. The van der Waals surface area contributed by atoms with Crippen LogP contribution < -0.4 is 0 Å². The number of halogens is 1. The van der Waals surface area contributed by atoms with Crippen LogP contribution in [-0.2, 0) is 19.1 Å². The number of fused-ring (bicyclic) bond motifs is 1. The highest BCUT2D eigenvalue weighted by Crippen LogP contribution is 2.43. The Hall–Kier alpha value is -1.83. The molecule has 0 saturated carbocycles. The summed E-state index contributed by atoms with van der Waals surface area (Å²) in [6, 6.07) is 6.53. The van der Waals surface area contributed by atoms with Crippen LogP contribution in [0.4, 0.5) is 0 Å². The average molecular weight is 395 g/mol. The number of esters is 1. The van der Waals surface area contributed by atoms with Gasteiger partial charge >= 0.3 is 5.97 Å². The lowest BCUT2D eigenvalue weighted by Crippen LogP contribution is -2.40. The number of benzene rings is 1. The Morgan fingerprint density at radius 1 is 1.38 bits per heavy atom. The van der Waals surface area contributed by atoms with E-state index in [1.807, 2.05) is 13.0 Å². The Morgan fingerprint density at radius 2 is 2.15 bits per heavy atom. The molecule has 0 N–H and O–H groups in total. The van der Waals surface area contributed by atoms with E-state index in [0.717, 1.165) is 5.56 Å². The van der Waals surface area contributed by atoms with E-state index in [1.165, 1.54) is 18.9 Å². The third kappa shape index (κ3) is 3.51. The van der Waals surface area contributed by atoms with Crippen LogP contribution in [0.25, 0.3) is 0 Å². The summed E-state index contributed by atoms with van der Waals surface area (Å²) in [5.74, 6) is -0.599. The van der Waals surface area contributed by atoms with E-state index >= 15 is 0 Å². The summed E-state index contributed by atoms with van der Waals surface area (Å²) in [4.78, 5) is 31.5. The van der Waals surface area contributed by atoms with E-state index in [1.54, 1.807) is 30.0 Å². The number of hydrogen-bond acceptors (Lipinski definition) is 6. The van der Waals surface area contributed by atoms with Crippen molar-refractivity contribution in [2.75, 3.05) is 20.3 Å². The molecule has 0 spiro atoms. The lowest BCUT2D eigenvalue weighted by atomic mass is 9.94. The maximum absolute atomic E-state index is 12.7. The Bertz CT molecular complexity index is 808. The normalized spacial score (nSPS) is 22.4. The Morgan fingerprint density at radius 3 is 2.85 bits per heavy atom. The molecule has 0 bridgehead atoms. The molecule has 1 aromatic carbocycles. The van der Waals surface area contributed by atoms with Crippen LogP contribution in [0.1, 0.15) is 25.5 Å². The minimum Gasteiger partial charge on any atom is -0.460 e. The standard InChI is InChI=1S/C18H19ClN2O4S/c1-10-14(17(23)25-8-7-24-3)15(12-5-4-6-13(19)9-12)21-16(22)11(2)26-18(21)20-10/h4-6,9,11,15H,7-8H2,1-3H3/t11-,15-/m1/s1. The van der Waals surface area contributed by atoms with Gasteiger partial charge in [0, 0.05) is 12.1 Å². The number of thioether (sulfide) groups is 1. The molecule has 26 heavy (non-hydrogen) atoms. The van der Waals surface area contributed by atoms with Crippen molar-refractivity contribution < 1.29 is 19.1 Å². The third-order valence-electron chi connectivity index (χ3n) is 4.16. The molecule has 2 aliphatic heterocycles. The molecule has 1 saturated heterocycles. The monoisotopic (exact) mass is 394 g/mol. The fourth-order valence-corrected chi connectivity index (χ4v) is 4.18. The third-order valence-corrected chi connectivity index (χ3v) is 5.45. The zero-order chi connectivity index (χ0) is 18.8. The van der Waals surface area contributed by atoms with E-state index in [-0.39, 0.29) is 17.8 Å². The highest BCUT2D eigenvalue weighted by molar-refractivity contribution is 8.15. The number of hydrogen-bond donors (Lipinski definition) is 0. The zero-order valence-corrected chi connectivity index (χ0v) is 16.3. The maximum Gasteiger partial charge on any atom is 0.338 e. The van der Waals surface area contributed by atoms with Gasteiger partial charge in [-0.1, -0.05) is 35.5 Å². The Kier molecular flexibility index (Phi) is 5.70. The van der Waals surface area contributed by atoms with Gasteiger partial charge in [-0.15, -0.1) is 0 Å². The summed E-state index contributed by atoms with van der Waals surface area (Å²) in [5.41, 5.74) is 1.62. The molecule has 6 nitrogen and oxygen atoms in total. The average Bonchev–Trinajstić information content (AvgIpc) is 2.87. The number of methoxy groups -OCH3 is 1. The van der Waals surface area contributed by atoms with Crippen LogP contribution in [0.5, 0.6) is 0 Å². The number of nitrogens with zero attached hydrogens (tertiary/aromatic N) is 2. The van der Waals surface area contributed by atoms with Crippen molar-refractivity contribution in [1.82, 2.24) is 4.90 Å². The summed E-state index contributed by atoms with van der Waals surface area (Å²) in [5, 5.41) is 0.870. The molecule has 1 amide bonds. The fraction of sp³-hybridized carbons (Fsp3) is 0.389. The van der Waals surface area contributed by atoms with Gasteiger partial charge in [-0.2, -0.15) is 0 Å². The number of ether oxygens (including phenoxy) is 2. The second-order valence-corrected chi connectivity index (χ2v) is 7.69. The molecule has 1 fully saturated rings. The first-order valence-electron chi connectivity index (χ1n) is 8.14. The van der Waals surface area contributed by atoms with Crippen molar-refractivity contribution in [1.29, 1.82) is 0 Å². The molecule has 0 aromatic heterocycles. The van der Waals surface area contributed by atoms with Crippen LogP contribution >= 0.6 is 23.4 Å². The fourth-order valence-electron chi connectivity index (χ4n) is 2.95. The van der Waals surface area contributed by atoms with E-state index in [0.29, 0.717) is 28.1 Å². The predicted molar refractivity (Wildman–Crippen MR) is 101 cm³/mol. The predicted octanol–water partition coefficient (Wildman–Crippen LogP) is 3.18. The van der Waals surface area contributed by atoms with E-state index in [9.17, 15) is 9.59 Å². The maximum atomic E-state index is 12.7. The number of carbonyl (C=O) groups is 2. The highest BCUT2D eigenvalue weighted by Gasteiger charge is 2.46. The highest BCUT2D eigenvalue weighted by atomic mass is 35.5. The molecule has 1 aromatic rings. The number of carbonyl (C=O) groups excluding carboxylic acids is 2. The summed E-state index contributed by atoms with van der Waals surface area (Å²) in [6.07, 6.45) is 0. The van der Waals surface area contributed by atoms with Gasteiger partial charge in [0.15, 0.2) is 5.17 Å². The number of amides is 1. The van der Waals surface area contributed by atoms with Gasteiger partial charge in [0.25, 0.3) is 0 Å². The number of amidine groups is 1. The quantitative estimate of drug-likeness (QED) is 0.566. The first kappa shape index (κ1) is 18.9. The van der Waals surface area contributed by atoms with Gasteiger partial charge in [0.05, 0.1) is 29.2 Å². The molecular formula is C18H19ClN2O4S. The van der Waals surface area contributed by atoms with Crippen molar-refractivity contribution in [3.63, 3.8) is 0 Å². The van der Waals surface area contributed by atoms with Crippen molar-refractivity contribution in [3.8, 4) is 0 Å². The second-order valence-electron chi connectivity index (χ2n) is 5.95. The van der Waals surface area contributed by atoms with Crippen LogP contribution in [0.15, 0.2) is 40.5 Å². The van der Waals surface area contributed by atoms with Crippen molar-refractivity contribution in [3.05, 3.63) is 46.1 Å². The first-order chi connectivity index (χ1) is 12.4. The van der Waals surface area contributed by atoms with Gasteiger partial charge in [0.1, 0.15) is 6.61 Å². The smallest absolute Gasteiger partial charge is 0.338 e. The van der Waals surface area contributed by atoms with Crippen molar-refractivity contribution in [2.24, 2.45) is 4.99 Å². The van der Waals surface area contributed by atoms with Crippen LogP contribution in [0, 0.1) is 0 Å². The molecule has 0 radical (unpaired) electrons.